The van der Waals surface area contributed by atoms with Crippen molar-refractivity contribution in [2.24, 2.45) is 0 Å². The van der Waals surface area contributed by atoms with Gasteiger partial charge in [-0.05, 0) is 42.0 Å². The Morgan fingerprint density at radius 1 is 1.15 bits per heavy atom. The van der Waals surface area contributed by atoms with Gasteiger partial charge in [-0.25, -0.2) is 4.98 Å². The molecule has 7 heteroatoms. The van der Waals surface area contributed by atoms with Crippen LogP contribution in [0.1, 0.15) is 15.9 Å². The van der Waals surface area contributed by atoms with Gasteiger partial charge in [0.05, 0.1) is 7.11 Å². The molecule has 0 spiro atoms. The zero-order valence-corrected chi connectivity index (χ0v) is 14.3. The molecule has 3 rings (SSSR count). The van der Waals surface area contributed by atoms with Crippen LogP contribution in [0.2, 0.25) is 0 Å². The van der Waals surface area contributed by atoms with Crippen LogP contribution in [-0.2, 0) is 6.54 Å². The van der Waals surface area contributed by atoms with Crippen LogP contribution in [-0.4, -0.2) is 23.0 Å². The number of amides is 1. The summed E-state index contributed by atoms with van der Waals surface area (Å²) >= 11 is 0. The molecule has 3 aromatic rings. The monoisotopic (exact) mass is 349 g/mol. The number of nitrogens with two attached hydrogens (primary N) is 1. The number of nitrogen functional groups attached to an aromatic ring is 1. The second-order valence-corrected chi connectivity index (χ2v) is 5.54. The van der Waals surface area contributed by atoms with Crippen molar-refractivity contribution in [3.8, 4) is 5.75 Å². The maximum absolute atomic E-state index is 12.4. The first-order valence-electron chi connectivity index (χ1n) is 8.01. The fourth-order valence-electron chi connectivity index (χ4n) is 2.40. The normalized spacial score (nSPS) is 10.2. The summed E-state index contributed by atoms with van der Waals surface area (Å²) in [7, 11) is 1.61. The number of carbonyl (C=O) groups is 1. The number of nitrogens with one attached hydrogen (secondary N) is 2. The van der Waals surface area contributed by atoms with Crippen LogP contribution >= 0.6 is 0 Å². The molecule has 1 aromatic heterocycles. The summed E-state index contributed by atoms with van der Waals surface area (Å²) in [5.41, 5.74) is 7.81. The fourth-order valence-corrected chi connectivity index (χ4v) is 2.40. The molecule has 0 radical (unpaired) electrons. The Hall–Kier alpha value is -3.61. The first-order valence-corrected chi connectivity index (χ1v) is 8.01. The predicted molar refractivity (Wildman–Crippen MR) is 100 cm³/mol. The molecule has 0 aliphatic heterocycles. The van der Waals surface area contributed by atoms with Crippen LogP contribution in [0, 0.1) is 0 Å². The van der Waals surface area contributed by atoms with Crippen molar-refractivity contribution in [1.29, 1.82) is 0 Å². The van der Waals surface area contributed by atoms with Gasteiger partial charge in [0.2, 0.25) is 5.95 Å². The van der Waals surface area contributed by atoms with Gasteiger partial charge < -0.3 is 21.1 Å². The number of nitrogens with zero attached hydrogens (tertiary/aromatic N) is 2. The number of rotatable bonds is 6. The van der Waals surface area contributed by atoms with E-state index >= 15 is 0 Å². The van der Waals surface area contributed by atoms with E-state index in [2.05, 4.69) is 20.6 Å². The van der Waals surface area contributed by atoms with E-state index in [1.807, 2.05) is 30.3 Å². The molecule has 26 heavy (non-hydrogen) atoms. The quantitative estimate of drug-likeness (QED) is 0.632. The Labute approximate surface area is 151 Å². The highest BCUT2D eigenvalue weighted by atomic mass is 16.5. The summed E-state index contributed by atoms with van der Waals surface area (Å²) < 4.78 is 5.19. The van der Waals surface area contributed by atoms with E-state index in [1.165, 1.54) is 0 Å². The Kier molecular flexibility index (Phi) is 5.28. The van der Waals surface area contributed by atoms with Crippen LogP contribution in [0.15, 0.2) is 60.8 Å². The number of benzene rings is 2. The molecule has 0 unspecified atom stereocenters. The molecule has 0 saturated carbocycles. The minimum atomic E-state index is -0.168. The standard InChI is InChI=1S/C19H19N5O2/c1-26-16-7-2-4-13(10-16)12-22-18(25)14-5-3-6-15(11-14)23-17-8-9-21-19(20)24-17/h2-11H,12H2,1H3,(H,22,25)(H3,20,21,23,24). The van der Waals surface area contributed by atoms with Gasteiger partial charge in [0.1, 0.15) is 11.6 Å². The number of hydrogen-bond acceptors (Lipinski definition) is 6. The molecule has 1 heterocycles. The third kappa shape index (κ3) is 4.47. The molecule has 2 aromatic carbocycles. The number of methoxy groups -OCH3 is 1. The SMILES string of the molecule is COc1cccc(CNC(=O)c2cccc(Nc3ccnc(N)n3)c2)c1. The average molecular weight is 349 g/mol. The molecule has 0 aliphatic carbocycles. The van der Waals surface area contributed by atoms with E-state index in [9.17, 15) is 4.79 Å². The lowest BCUT2D eigenvalue weighted by Gasteiger charge is -2.09. The summed E-state index contributed by atoms with van der Waals surface area (Å²) in [6.45, 7) is 0.413. The average Bonchev–Trinajstić information content (AvgIpc) is 2.66. The van der Waals surface area contributed by atoms with Gasteiger partial charge in [-0.1, -0.05) is 18.2 Å². The summed E-state index contributed by atoms with van der Waals surface area (Å²) in [6, 6.07) is 16.4. The first-order chi connectivity index (χ1) is 12.6. The summed E-state index contributed by atoms with van der Waals surface area (Å²) in [4.78, 5) is 20.3. The van der Waals surface area contributed by atoms with Gasteiger partial charge >= 0.3 is 0 Å². The lowest BCUT2D eigenvalue weighted by atomic mass is 10.1. The molecule has 0 bridgehead atoms. The highest BCUT2D eigenvalue weighted by Crippen LogP contribution is 2.17. The third-order valence-electron chi connectivity index (χ3n) is 3.66. The van der Waals surface area contributed by atoms with Crippen LogP contribution in [0.3, 0.4) is 0 Å². The van der Waals surface area contributed by atoms with Crippen LogP contribution in [0.4, 0.5) is 17.5 Å². The van der Waals surface area contributed by atoms with Crippen molar-refractivity contribution in [2.45, 2.75) is 6.54 Å². The third-order valence-corrected chi connectivity index (χ3v) is 3.66. The number of anilines is 3. The molecular formula is C19H19N5O2. The number of hydrogen-bond donors (Lipinski definition) is 3. The molecule has 0 atom stereocenters. The second kappa shape index (κ2) is 7.98. The Balaban J connectivity index is 1.66. The van der Waals surface area contributed by atoms with E-state index in [-0.39, 0.29) is 11.9 Å². The van der Waals surface area contributed by atoms with E-state index in [0.717, 1.165) is 17.0 Å². The van der Waals surface area contributed by atoms with E-state index in [1.54, 1.807) is 37.6 Å². The minimum Gasteiger partial charge on any atom is -0.497 e. The Morgan fingerprint density at radius 2 is 2.00 bits per heavy atom. The molecule has 132 valence electrons. The summed E-state index contributed by atoms with van der Waals surface area (Å²) in [5.74, 6) is 1.33. The van der Waals surface area contributed by atoms with Gasteiger partial charge in [-0.2, -0.15) is 4.98 Å². The van der Waals surface area contributed by atoms with E-state index in [0.29, 0.717) is 17.9 Å². The lowest BCUT2D eigenvalue weighted by molar-refractivity contribution is 0.0951. The van der Waals surface area contributed by atoms with Crippen LogP contribution < -0.4 is 21.1 Å². The van der Waals surface area contributed by atoms with Crippen LogP contribution in [0.5, 0.6) is 5.75 Å². The molecule has 7 nitrogen and oxygen atoms in total. The zero-order valence-electron chi connectivity index (χ0n) is 14.3. The van der Waals surface area contributed by atoms with Gasteiger partial charge in [0.25, 0.3) is 5.91 Å². The van der Waals surface area contributed by atoms with Crippen molar-refractivity contribution < 1.29 is 9.53 Å². The maximum Gasteiger partial charge on any atom is 0.251 e. The van der Waals surface area contributed by atoms with E-state index < -0.39 is 0 Å². The van der Waals surface area contributed by atoms with Crippen molar-refractivity contribution in [2.75, 3.05) is 18.2 Å². The number of carbonyl (C=O) groups excluding carboxylic acids is 1. The van der Waals surface area contributed by atoms with Crippen molar-refractivity contribution in [1.82, 2.24) is 15.3 Å². The van der Waals surface area contributed by atoms with Gasteiger partial charge in [-0.3, -0.25) is 4.79 Å². The molecule has 1 amide bonds. The molecule has 4 N–H and O–H groups in total. The van der Waals surface area contributed by atoms with Crippen LogP contribution in [0.25, 0.3) is 0 Å². The van der Waals surface area contributed by atoms with Gasteiger partial charge in [0.15, 0.2) is 0 Å². The van der Waals surface area contributed by atoms with E-state index in [4.69, 9.17) is 10.5 Å². The number of aromatic nitrogens is 2. The molecule has 0 saturated heterocycles. The minimum absolute atomic E-state index is 0.168. The second-order valence-electron chi connectivity index (χ2n) is 5.54. The first kappa shape index (κ1) is 17.2. The highest BCUT2D eigenvalue weighted by Gasteiger charge is 2.07. The highest BCUT2D eigenvalue weighted by molar-refractivity contribution is 5.95. The molecular weight excluding hydrogens is 330 g/mol. The Morgan fingerprint density at radius 3 is 2.81 bits per heavy atom. The van der Waals surface area contributed by atoms with Crippen molar-refractivity contribution >= 4 is 23.4 Å². The topological polar surface area (TPSA) is 102 Å². The lowest BCUT2D eigenvalue weighted by Crippen LogP contribution is -2.22. The molecule has 0 fully saturated rings. The van der Waals surface area contributed by atoms with Crippen molar-refractivity contribution in [3.63, 3.8) is 0 Å². The van der Waals surface area contributed by atoms with Gasteiger partial charge in [0, 0.05) is 24.0 Å². The maximum atomic E-state index is 12.4. The fraction of sp³-hybridized carbons (Fsp3) is 0.105. The Bertz CT molecular complexity index is 914. The number of ether oxygens (including phenoxy) is 1. The molecule has 0 aliphatic rings. The predicted octanol–water partition coefficient (Wildman–Crippen LogP) is 2.74. The summed E-state index contributed by atoms with van der Waals surface area (Å²) in [5, 5.41) is 6.00. The van der Waals surface area contributed by atoms with Crippen molar-refractivity contribution in [3.05, 3.63) is 71.9 Å². The largest absolute Gasteiger partial charge is 0.497 e. The summed E-state index contributed by atoms with van der Waals surface area (Å²) in [6.07, 6.45) is 1.56. The smallest absolute Gasteiger partial charge is 0.251 e. The zero-order chi connectivity index (χ0) is 18.4. The van der Waals surface area contributed by atoms with Gasteiger partial charge in [-0.15, -0.1) is 0 Å².